The van der Waals surface area contributed by atoms with E-state index in [1.54, 1.807) is 14.2 Å². The number of rotatable bonds is 12. The molecule has 0 spiro atoms. The Morgan fingerprint density at radius 2 is 0.595 bits per heavy atom. The predicted octanol–water partition coefficient (Wildman–Crippen LogP) is 14.7. The Kier molecular flexibility index (Phi) is 15.4. The van der Waals surface area contributed by atoms with Gasteiger partial charge in [0.2, 0.25) is 13.4 Å². The topological polar surface area (TPSA) is 24.9 Å². The number of hydrogen-bond donors (Lipinski definition) is 0. The first-order valence-electron chi connectivity index (χ1n) is 27.2. The van der Waals surface area contributed by atoms with Crippen LogP contribution in [0.3, 0.4) is 0 Å². The SMILES string of the molecule is COc1ccc(N2c3ccc(cc3)B(c3c(C(C)C)cc(C(C)C)cc3C(C)C)c3cccc(c3)B(c3c(C(C)C)cc(C(C)C)cc3C(C)C)c3ccc(cc3)N(c3ccc(OC)cc3)c3cccc2c3)cc1. The fourth-order valence-electron chi connectivity index (χ4n) is 11.4. The highest BCUT2D eigenvalue weighted by molar-refractivity contribution is 6.98. The van der Waals surface area contributed by atoms with Crippen LogP contribution < -0.4 is 52.1 Å². The molecule has 6 heteroatoms. The van der Waals surface area contributed by atoms with Crippen LogP contribution in [0.5, 0.6) is 11.5 Å². The lowest BCUT2D eigenvalue weighted by atomic mass is 9.32. The van der Waals surface area contributed by atoms with Crippen LogP contribution in [0.2, 0.25) is 0 Å². The average Bonchev–Trinajstić information content (AvgIpc) is 3.40. The lowest BCUT2D eigenvalue weighted by Crippen LogP contribution is -2.59. The Morgan fingerprint density at radius 3 is 0.878 bits per heavy atom. The lowest BCUT2D eigenvalue weighted by molar-refractivity contribution is 0.414. The molecule has 8 bridgehead atoms. The zero-order chi connectivity index (χ0) is 52.5. The molecule has 8 aromatic carbocycles. The maximum absolute atomic E-state index is 5.68. The third kappa shape index (κ3) is 10.3. The van der Waals surface area contributed by atoms with E-state index in [1.807, 2.05) is 0 Å². The molecule has 376 valence electrons. The quantitative estimate of drug-likeness (QED) is 0.114. The summed E-state index contributed by atoms with van der Waals surface area (Å²) in [6, 6.07) is 64.5. The van der Waals surface area contributed by atoms with Crippen LogP contribution in [0.1, 0.15) is 152 Å². The van der Waals surface area contributed by atoms with Crippen molar-refractivity contribution in [2.75, 3.05) is 24.0 Å². The second kappa shape index (κ2) is 21.9. The monoisotopic (exact) mass is 975 g/mol. The van der Waals surface area contributed by atoms with E-state index in [2.05, 4.69) is 263 Å². The summed E-state index contributed by atoms with van der Waals surface area (Å²) in [5.41, 5.74) is 22.9. The number of benzene rings is 8. The summed E-state index contributed by atoms with van der Waals surface area (Å²) in [6.07, 6.45) is 0. The standard InChI is InChI=1S/C68H76B2N2O2/c1-43(2)49-37-63(45(5)6)67(64(38-49)46(7)8)69-51-21-25-55(26-22-51)71(57-29-33-61(73-13)34-30-57)59-19-16-20-60(42-59)72(58-31-35-62(74-14)36-32-58)56-27-23-52(24-28-56)70(54-18-15-17-53(69)41-54)68-65(47(9)10)39-50(44(3)4)40-66(68)48(11)12/h15-48H,1-14H3. The third-order valence-electron chi connectivity index (χ3n) is 15.5. The molecule has 0 radical (unpaired) electrons. The maximum atomic E-state index is 5.68. The molecule has 4 nitrogen and oxygen atoms in total. The van der Waals surface area contributed by atoms with E-state index >= 15 is 0 Å². The predicted molar refractivity (Wildman–Crippen MR) is 322 cm³/mol. The molecule has 0 aromatic heterocycles. The normalized spacial score (nSPS) is 12.8. The molecule has 0 saturated heterocycles. The van der Waals surface area contributed by atoms with Gasteiger partial charge in [0, 0.05) is 34.1 Å². The fraction of sp³-hybridized carbons (Fsp3) is 0.294. The first kappa shape index (κ1) is 52.0. The van der Waals surface area contributed by atoms with Gasteiger partial charge in [0.25, 0.3) is 0 Å². The highest BCUT2D eigenvalue weighted by Crippen LogP contribution is 2.41. The number of ether oxygens (including phenoxy) is 2. The molecule has 4 aliphatic rings. The van der Waals surface area contributed by atoms with Crippen molar-refractivity contribution in [2.24, 2.45) is 0 Å². The minimum Gasteiger partial charge on any atom is -0.497 e. The van der Waals surface area contributed by atoms with Gasteiger partial charge in [0.05, 0.1) is 14.2 Å². The molecule has 4 aliphatic heterocycles. The highest BCUT2D eigenvalue weighted by atomic mass is 16.5. The van der Waals surface area contributed by atoms with E-state index in [-0.39, 0.29) is 13.4 Å². The van der Waals surface area contributed by atoms with E-state index in [0.717, 1.165) is 45.6 Å². The second-order valence-electron chi connectivity index (χ2n) is 22.5. The average molecular weight is 975 g/mol. The summed E-state index contributed by atoms with van der Waals surface area (Å²) in [7, 11) is 3.45. The van der Waals surface area contributed by atoms with Crippen molar-refractivity contribution in [1.29, 1.82) is 0 Å². The lowest BCUT2D eigenvalue weighted by Gasteiger charge is -2.31. The van der Waals surface area contributed by atoms with Gasteiger partial charge in [0.15, 0.2) is 0 Å². The Balaban J connectivity index is 1.40. The minimum atomic E-state index is -0.0322. The van der Waals surface area contributed by atoms with Gasteiger partial charge in [-0.25, -0.2) is 0 Å². The molecular formula is C68H76B2N2O2. The summed E-state index contributed by atoms with van der Waals surface area (Å²) < 4.78 is 11.4. The van der Waals surface area contributed by atoms with Gasteiger partial charge in [-0.2, -0.15) is 0 Å². The van der Waals surface area contributed by atoms with Crippen molar-refractivity contribution in [3.63, 3.8) is 0 Å². The van der Waals surface area contributed by atoms with Crippen molar-refractivity contribution in [3.8, 4) is 11.5 Å². The molecule has 74 heavy (non-hydrogen) atoms. The van der Waals surface area contributed by atoms with E-state index in [0.29, 0.717) is 35.5 Å². The third-order valence-corrected chi connectivity index (χ3v) is 15.5. The summed E-state index contributed by atoms with van der Waals surface area (Å²) >= 11 is 0. The maximum Gasteiger partial charge on any atom is 0.241 e. The van der Waals surface area contributed by atoms with E-state index in [1.165, 1.54) is 66.2 Å². The van der Waals surface area contributed by atoms with Gasteiger partial charge in [-0.15, -0.1) is 0 Å². The molecule has 0 N–H and O–H groups in total. The smallest absolute Gasteiger partial charge is 0.241 e. The zero-order valence-corrected chi connectivity index (χ0v) is 46.5. The molecule has 0 amide bonds. The fourth-order valence-corrected chi connectivity index (χ4v) is 11.4. The molecule has 0 unspecified atom stereocenters. The zero-order valence-electron chi connectivity index (χ0n) is 46.5. The van der Waals surface area contributed by atoms with Gasteiger partial charge in [0.1, 0.15) is 11.5 Å². The van der Waals surface area contributed by atoms with Crippen LogP contribution in [0.15, 0.2) is 170 Å². The number of hydrogen-bond acceptors (Lipinski definition) is 4. The number of methoxy groups -OCH3 is 2. The molecule has 4 heterocycles. The van der Waals surface area contributed by atoms with E-state index in [9.17, 15) is 0 Å². The van der Waals surface area contributed by atoms with Crippen molar-refractivity contribution < 1.29 is 9.47 Å². The van der Waals surface area contributed by atoms with Gasteiger partial charge in [-0.3, -0.25) is 0 Å². The number of anilines is 6. The summed E-state index contributed by atoms with van der Waals surface area (Å²) in [4.78, 5) is 4.73. The Labute approximate surface area is 445 Å². The molecular weight excluding hydrogens is 898 g/mol. The highest BCUT2D eigenvalue weighted by Gasteiger charge is 2.34. The van der Waals surface area contributed by atoms with Gasteiger partial charge >= 0.3 is 0 Å². The van der Waals surface area contributed by atoms with Gasteiger partial charge < -0.3 is 19.3 Å². The Hall–Kier alpha value is -6.91. The van der Waals surface area contributed by atoms with Crippen LogP contribution in [0, 0.1) is 0 Å². The van der Waals surface area contributed by atoms with Crippen LogP contribution in [0.25, 0.3) is 0 Å². The summed E-state index contributed by atoms with van der Waals surface area (Å²) in [5.74, 6) is 3.74. The van der Waals surface area contributed by atoms with Crippen LogP contribution >= 0.6 is 0 Å². The van der Waals surface area contributed by atoms with Crippen molar-refractivity contribution in [1.82, 2.24) is 0 Å². The first-order valence-corrected chi connectivity index (χ1v) is 27.2. The minimum absolute atomic E-state index is 0.0322. The molecule has 0 aliphatic carbocycles. The van der Waals surface area contributed by atoms with Crippen LogP contribution in [-0.2, 0) is 0 Å². The van der Waals surface area contributed by atoms with Crippen molar-refractivity contribution >= 4 is 80.3 Å². The Bertz CT molecular complexity index is 2940. The molecule has 8 aromatic rings. The van der Waals surface area contributed by atoms with Gasteiger partial charge in [-0.05, 0) is 160 Å². The van der Waals surface area contributed by atoms with E-state index < -0.39 is 0 Å². The number of nitrogens with zero attached hydrogens (tertiary/aromatic N) is 2. The molecule has 0 saturated carbocycles. The van der Waals surface area contributed by atoms with Crippen LogP contribution in [-0.4, -0.2) is 27.6 Å². The van der Waals surface area contributed by atoms with Crippen molar-refractivity contribution in [3.05, 3.63) is 203 Å². The first-order chi connectivity index (χ1) is 35.6. The molecule has 0 atom stereocenters. The summed E-state index contributed by atoms with van der Waals surface area (Å²) in [6.45, 7) is 28.3. The Morgan fingerprint density at radius 1 is 0.297 bits per heavy atom. The molecule has 12 rings (SSSR count). The van der Waals surface area contributed by atoms with Crippen LogP contribution in [0.4, 0.5) is 34.1 Å². The summed E-state index contributed by atoms with van der Waals surface area (Å²) in [5, 5.41) is 0. The van der Waals surface area contributed by atoms with Gasteiger partial charge in [-0.1, -0.05) is 195 Å². The second-order valence-corrected chi connectivity index (χ2v) is 22.5. The largest absolute Gasteiger partial charge is 0.497 e. The van der Waals surface area contributed by atoms with Crippen molar-refractivity contribution in [2.45, 2.75) is 119 Å². The molecule has 0 fully saturated rings. The van der Waals surface area contributed by atoms with E-state index in [4.69, 9.17) is 9.47 Å².